The maximum Gasteiger partial charge on any atom is 0.303 e. The molecule has 0 radical (unpaired) electrons. The number of rotatable bonds is 16. The highest BCUT2D eigenvalue weighted by atomic mass is 16.4. The van der Waals surface area contributed by atoms with Crippen molar-refractivity contribution >= 4 is 53.2 Å². The first kappa shape index (κ1) is 53.4. The summed E-state index contributed by atoms with van der Waals surface area (Å²) in [6, 6.07) is -2.51. The number of carboxylic acid groups (broad SMARTS) is 1. The van der Waals surface area contributed by atoms with Crippen LogP contribution in [0.25, 0.3) is 0 Å². The Labute approximate surface area is 366 Å². The number of carbonyl (C=O) groups is 9. The third-order valence-corrected chi connectivity index (χ3v) is 9.95. The van der Waals surface area contributed by atoms with E-state index in [2.05, 4.69) is 42.5 Å². The second-order valence-electron chi connectivity index (χ2n) is 15.8. The highest BCUT2D eigenvalue weighted by Gasteiger charge is 2.35. The van der Waals surface area contributed by atoms with Crippen LogP contribution in [0, 0.1) is 5.92 Å². The van der Waals surface area contributed by atoms with Crippen LogP contribution in [-0.2, 0) is 49.6 Å². The predicted octanol–water partition coefficient (Wildman–Crippen LogP) is -5.19. The molecule has 0 saturated carbocycles. The summed E-state index contributed by atoms with van der Waals surface area (Å²) in [6.07, 6.45) is -2.96. The van der Waals surface area contributed by atoms with Crippen molar-refractivity contribution in [3.05, 3.63) is 35.9 Å². The number of hydrogen-bond donors (Lipinski definition) is 14. The molecule has 23 nitrogen and oxygen atoms in total. The predicted molar refractivity (Wildman–Crippen MR) is 228 cm³/mol. The number of aliphatic hydroxyl groups is 1. The number of carbonyl (C=O) groups excluding carboxylic acids is 8. The van der Waals surface area contributed by atoms with Gasteiger partial charge in [0.25, 0.3) is 0 Å². The molecule has 352 valence electrons. The van der Waals surface area contributed by atoms with Gasteiger partial charge in [-0.05, 0) is 76.6 Å². The Morgan fingerprint density at radius 1 is 0.683 bits per heavy atom. The fraction of sp³-hybridized carbons (Fsp3) is 0.625. The lowest BCUT2D eigenvalue weighted by atomic mass is 10.00. The topological polar surface area (TPSA) is 394 Å². The molecule has 0 aliphatic carbocycles. The van der Waals surface area contributed by atoms with Crippen molar-refractivity contribution in [3.8, 4) is 0 Å². The number of nitrogens with two attached hydrogens (primary N) is 4. The minimum Gasteiger partial charge on any atom is -0.481 e. The molecule has 1 heterocycles. The number of benzene rings is 1. The third-order valence-electron chi connectivity index (χ3n) is 9.95. The van der Waals surface area contributed by atoms with Crippen molar-refractivity contribution in [1.29, 1.82) is 0 Å². The SMILES string of the molecule is CC(C)C[C@@H]1NC(=O)[C@@H](Cc2ccccc2)NC(=O)[C@H](CCN)NC(=O)[C@@H](NC(=O)[C@@H](N)CCC(=O)O)CCNC(=O)[C@H]([C@@H](C)O)NC(=O)[C@H](CCN)NC(=O)[C@H](CCN)NC1=O. The highest BCUT2D eigenvalue weighted by molar-refractivity contribution is 5.98. The molecule has 23 heteroatoms. The van der Waals surface area contributed by atoms with Gasteiger partial charge in [0.05, 0.1) is 12.1 Å². The molecule has 0 aromatic heterocycles. The summed E-state index contributed by atoms with van der Waals surface area (Å²) in [6.45, 7) is 4.13. The van der Waals surface area contributed by atoms with Gasteiger partial charge >= 0.3 is 5.97 Å². The molecule has 9 atom stereocenters. The second-order valence-corrected chi connectivity index (χ2v) is 15.8. The van der Waals surface area contributed by atoms with Crippen molar-refractivity contribution in [1.82, 2.24) is 42.5 Å². The maximum absolute atomic E-state index is 14.1. The number of aliphatic hydroxyl groups excluding tert-OH is 1. The lowest BCUT2D eigenvalue weighted by molar-refractivity contribution is -0.137. The standard InChI is InChI=1S/C40H66N12O11/c1-21(2)19-29-38(61)49-25(11-15-41)34(57)48-27(13-17-43)37(60)52-32(22(3)53)40(63)45-18-14-28(46-33(56)24(44)9-10-31(54)55)36(59)47-26(12-16-42)35(58)51-30(39(62)50-29)20-23-7-5-4-6-8-23/h4-8,21-22,24-30,32,53H,9-20,41-44H2,1-3H3,(H,45,63)(H,46,56)(H,47,59)(H,48,57)(H,49,61)(H,50,62)(H,51,58)(H,52,60)(H,54,55)/t22-,24+,25+,26+,27+,28+,29+,30-,32+/m1/s1. The molecule has 2 rings (SSSR count). The van der Waals surface area contributed by atoms with Gasteiger partial charge in [-0.2, -0.15) is 0 Å². The summed E-state index contributed by atoms with van der Waals surface area (Å²) < 4.78 is 0. The van der Waals surface area contributed by atoms with Gasteiger partial charge in [0.1, 0.15) is 42.3 Å². The van der Waals surface area contributed by atoms with E-state index in [4.69, 9.17) is 28.0 Å². The van der Waals surface area contributed by atoms with Gasteiger partial charge in [0.15, 0.2) is 0 Å². The van der Waals surface area contributed by atoms with Crippen LogP contribution in [0.15, 0.2) is 30.3 Å². The molecule has 1 aliphatic heterocycles. The van der Waals surface area contributed by atoms with Crippen LogP contribution in [0.3, 0.4) is 0 Å². The van der Waals surface area contributed by atoms with Crippen molar-refractivity contribution < 1.29 is 53.4 Å². The number of nitrogens with one attached hydrogen (secondary N) is 8. The van der Waals surface area contributed by atoms with E-state index >= 15 is 0 Å². The van der Waals surface area contributed by atoms with Gasteiger partial charge in [-0.3, -0.25) is 43.2 Å². The summed E-state index contributed by atoms with van der Waals surface area (Å²) in [5.41, 5.74) is 23.9. The van der Waals surface area contributed by atoms with Gasteiger partial charge in [-0.25, -0.2) is 0 Å². The average molecular weight is 891 g/mol. The molecule has 18 N–H and O–H groups in total. The summed E-state index contributed by atoms with van der Waals surface area (Å²) in [5, 5.41) is 39.9. The number of hydrogen-bond acceptors (Lipinski definition) is 14. The Balaban J connectivity index is 2.69. The quantitative estimate of drug-likeness (QED) is 0.0738. The van der Waals surface area contributed by atoms with Crippen LogP contribution in [-0.4, -0.2) is 144 Å². The van der Waals surface area contributed by atoms with E-state index in [0.717, 1.165) is 0 Å². The first-order valence-corrected chi connectivity index (χ1v) is 21.0. The zero-order valence-electron chi connectivity index (χ0n) is 36.0. The zero-order valence-corrected chi connectivity index (χ0v) is 36.0. The smallest absolute Gasteiger partial charge is 0.303 e. The van der Waals surface area contributed by atoms with E-state index in [0.29, 0.717) is 5.56 Å². The molecular weight excluding hydrogens is 825 g/mol. The molecule has 63 heavy (non-hydrogen) atoms. The van der Waals surface area contributed by atoms with Gasteiger partial charge in [-0.15, -0.1) is 0 Å². The number of carboxylic acids is 1. The van der Waals surface area contributed by atoms with Gasteiger partial charge < -0.3 is 75.7 Å². The average Bonchev–Trinajstić information content (AvgIpc) is 3.22. The van der Waals surface area contributed by atoms with Crippen LogP contribution in [0.2, 0.25) is 0 Å². The molecule has 1 aromatic rings. The third kappa shape index (κ3) is 18.6. The van der Waals surface area contributed by atoms with Crippen LogP contribution >= 0.6 is 0 Å². The molecule has 1 fully saturated rings. The number of amides is 8. The first-order valence-electron chi connectivity index (χ1n) is 21.0. The normalized spacial score (nSPS) is 24.9. The molecule has 0 unspecified atom stereocenters. The van der Waals surface area contributed by atoms with Crippen molar-refractivity contribution in [2.24, 2.45) is 28.9 Å². The van der Waals surface area contributed by atoms with Crippen LogP contribution < -0.4 is 65.5 Å². The Morgan fingerprint density at radius 2 is 1.14 bits per heavy atom. The van der Waals surface area contributed by atoms with E-state index < -0.39 is 114 Å². The number of aliphatic carboxylic acids is 1. The second kappa shape index (κ2) is 27.3. The minimum atomic E-state index is -1.61. The fourth-order valence-electron chi connectivity index (χ4n) is 6.50. The Morgan fingerprint density at radius 3 is 1.63 bits per heavy atom. The lowest BCUT2D eigenvalue weighted by Crippen LogP contribution is -2.61. The molecule has 1 aromatic carbocycles. The van der Waals surface area contributed by atoms with Gasteiger partial charge in [-0.1, -0.05) is 44.2 Å². The van der Waals surface area contributed by atoms with Gasteiger partial charge in [0, 0.05) is 19.4 Å². The van der Waals surface area contributed by atoms with Crippen LogP contribution in [0.1, 0.15) is 71.3 Å². The zero-order chi connectivity index (χ0) is 47.2. The first-order chi connectivity index (χ1) is 29.8. The Bertz CT molecular complexity index is 1720. The van der Waals surface area contributed by atoms with Crippen molar-refractivity contribution in [3.63, 3.8) is 0 Å². The van der Waals surface area contributed by atoms with Crippen LogP contribution in [0.5, 0.6) is 0 Å². The van der Waals surface area contributed by atoms with Crippen LogP contribution in [0.4, 0.5) is 0 Å². The molecule has 1 saturated heterocycles. The van der Waals surface area contributed by atoms with E-state index in [9.17, 15) is 48.3 Å². The molecular formula is C40H66N12O11. The summed E-state index contributed by atoms with van der Waals surface area (Å²) in [5.74, 6) is -8.34. The Hall–Kier alpha value is -5.75. The summed E-state index contributed by atoms with van der Waals surface area (Å²) in [7, 11) is 0. The van der Waals surface area contributed by atoms with Gasteiger partial charge in [0.2, 0.25) is 47.3 Å². The van der Waals surface area contributed by atoms with Crippen molar-refractivity contribution in [2.45, 2.75) is 127 Å². The van der Waals surface area contributed by atoms with Crippen molar-refractivity contribution in [2.75, 3.05) is 26.2 Å². The lowest BCUT2D eigenvalue weighted by Gasteiger charge is -2.28. The molecule has 8 amide bonds. The maximum atomic E-state index is 14.1. The highest BCUT2D eigenvalue weighted by Crippen LogP contribution is 2.11. The van der Waals surface area contributed by atoms with E-state index in [1.807, 2.05) is 0 Å². The van der Waals surface area contributed by atoms with E-state index in [1.54, 1.807) is 44.2 Å². The summed E-state index contributed by atoms with van der Waals surface area (Å²) in [4.78, 5) is 121. The Kier molecular flexibility index (Phi) is 23.2. The fourth-order valence-corrected chi connectivity index (χ4v) is 6.50. The minimum absolute atomic E-state index is 0.0689. The molecule has 1 aliphatic rings. The van der Waals surface area contributed by atoms with E-state index in [1.165, 1.54) is 6.92 Å². The monoisotopic (exact) mass is 890 g/mol. The van der Waals surface area contributed by atoms with E-state index in [-0.39, 0.29) is 77.0 Å². The molecule has 0 bridgehead atoms. The summed E-state index contributed by atoms with van der Waals surface area (Å²) >= 11 is 0. The molecule has 0 spiro atoms. The largest absolute Gasteiger partial charge is 0.481 e.